The minimum absolute atomic E-state index is 0.645. The smallest absolute Gasteiger partial charge is 0.186 e. The molecule has 1 saturated carbocycles. The summed E-state index contributed by atoms with van der Waals surface area (Å²) in [7, 11) is 3.96. The van der Waals surface area contributed by atoms with Gasteiger partial charge >= 0.3 is 0 Å². The van der Waals surface area contributed by atoms with Gasteiger partial charge in [0.05, 0.1) is 4.88 Å². The van der Waals surface area contributed by atoms with Crippen LogP contribution in [-0.2, 0) is 6.54 Å². The van der Waals surface area contributed by atoms with E-state index in [0.717, 1.165) is 22.6 Å². The van der Waals surface area contributed by atoms with Gasteiger partial charge in [0.1, 0.15) is 5.15 Å². The second-order valence-corrected chi connectivity index (χ2v) is 5.18. The first-order chi connectivity index (χ1) is 6.66. The number of hydrogen-bond acceptors (Lipinski definition) is 4. The van der Waals surface area contributed by atoms with E-state index in [1.54, 1.807) is 11.3 Å². The number of nitrogens with one attached hydrogen (secondary N) is 1. The Morgan fingerprint density at radius 2 is 2.29 bits per heavy atom. The Morgan fingerprint density at radius 3 is 2.79 bits per heavy atom. The van der Waals surface area contributed by atoms with Gasteiger partial charge in [0.25, 0.3) is 0 Å². The molecule has 1 N–H and O–H groups in total. The SMILES string of the molecule is CN(C)c1nc(Cl)c(CNC2CC2)s1. The maximum Gasteiger partial charge on any atom is 0.186 e. The standard InChI is InChI=1S/C9H14ClN3S/c1-13(2)9-12-8(10)7(14-9)5-11-6-3-4-6/h6,11H,3-5H2,1-2H3. The molecule has 14 heavy (non-hydrogen) atoms. The van der Waals surface area contributed by atoms with Gasteiger partial charge in [0.15, 0.2) is 5.13 Å². The number of rotatable bonds is 4. The van der Waals surface area contributed by atoms with Crippen LogP contribution in [-0.4, -0.2) is 25.1 Å². The second-order valence-electron chi connectivity index (χ2n) is 3.76. The van der Waals surface area contributed by atoms with Crippen LogP contribution in [0.1, 0.15) is 17.7 Å². The Kier molecular flexibility index (Phi) is 2.95. The average Bonchev–Trinajstić information content (AvgIpc) is 2.87. The number of aromatic nitrogens is 1. The predicted octanol–water partition coefficient (Wildman–Crippen LogP) is 2.11. The van der Waals surface area contributed by atoms with Crippen LogP contribution in [0.4, 0.5) is 5.13 Å². The van der Waals surface area contributed by atoms with Crippen LogP contribution in [0.15, 0.2) is 0 Å². The first kappa shape index (κ1) is 10.2. The lowest BCUT2D eigenvalue weighted by Crippen LogP contribution is -2.14. The summed E-state index contributed by atoms with van der Waals surface area (Å²) in [5.74, 6) is 0. The molecule has 0 spiro atoms. The molecule has 0 atom stereocenters. The Bertz CT molecular complexity index is 320. The Morgan fingerprint density at radius 1 is 1.57 bits per heavy atom. The zero-order valence-electron chi connectivity index (χ0n) is 8.38. The summed E-state index contributed by atoms with van der Waals surface area (Å²) in [5, 5.41) is 5.05. The van der Waals surface area contributed by atoms with Crippen LogP contribution in [0.2, 0.25) is 5.15 Å². The molecule has 1 heterocycles. The van der Waals surface area contributed by atoms with Crippen LogP contribution < -0.4 is 10.2 Å². The van der Waals surface area contributed by atoms with Crippen molar-refractivity contribution in [1.82, 2.24) is 10.3 Å². The molecule has 0 amide bonds. The number of anilines is 1. The Balaban J connectivity index is 2.00. The van der Waals surface area contributed by atoms with Crippen molar-refractivity contribution >= 4 is 28.1 Å². The first-order valence-corrected chi connectivity index (χ1v) is 5.92. The molecule has 1 aromatic rings. The van der Waals surface area contributed by atoms with Gasteiger partial charge in [-0.2, -0.15) is 0 Å². The molecule has 1 fully saturated rings. The molecule has 0 aliphatic heterocycles. The van der Waals surface area contributed by atoms with Crippen molar-refractivity contribution in [1.29, 1.82) is 0 Å². The summed E-state index contributed by atoms with van der Waals surface area (Å²) in [6.45, 7) is 0.856. The molecule has 78 valence electrons. The fourth-order valence-corrected chi connectivity index (χ4v) is 2.28. The summed E-state index contributed by atoms with van der Waals surface area (Å²) in [6, 6.07) is 0.718. The molecule has 1 aromatic heterocycles. The van der Waals surface area contributed by atoms with Gasteiger partial charge in [-0.3, -0.25) is 0 Å². The van der Waals surface area contributed by atoms with Gasteiger partial charge in [-0.05, 0) is 12.8 Å². The van der Waals surface area contributed by atoms with E-state index in [0.29, 0.717) is 5.15 Å². The molecule has 0 aromatic carbocycles. The molecule has 0 unspecified atom stereocenters. The van der Waals surface area contributed by atoms with E-state index in [-0.39, 0.29) is 0 Å². The number of halogens is 1. The summed E-state index contributed by atoms with van der Waals surface area (Å²) >= 11 is 7.68. The zero-order chi connectivity index (χ0) is 10.1. The van der Waals surface area contributed by atoms with Gasteiger partial charge in [0.2, 0.25) is 0 Å². The summed E-state index contributed by atoms with van der Waals surface area (Å²) in [6.07, 6.45) is 2.61. The molecule has 1 aliphatic rings. The van der Waals surface area contributed by atoms with Crippen molar-refractivity contribution in [2.45, 2.75) is 25.4 Å². The lowest BCUT2D eigenvalue weighted by Gasteiger charge is -2.05. The highest BCUT2D eigenvalue weighted by atomic mass is 35.5. The van der Waals surface area contributed by atoms with E-state index in [2.05, 4.69) is 10.3 Å². The quantitative estimate of drug-likeness (QED) is 0.861. The van der Waals surface area contributed by atoms with Crippen LogP contribution in [0, 0.1) is 0 Å². The summed E-state index contributed by atoms with van der Waals surface area (Å²) in [4.78, 5) is 7.40. The van der Waals surface area contributed by atoms with E-state index < -0.39 is 0 Å². The van der Waals surface area contributed by atoms with Crippen LogP contribution >= 0.6 is 22.9 Å². The molecule has 5 heteroatoms. The van der Waals surface area contributed by atoms with Crippen molar-refractivity contribution in [2.24, 2.45) is 0 Å². The lowest BCUT2D eigenvalue weighted by molar-refractivity contribution is 0.694. The Labute approximate surface area is 93.1 Å². The van der Waals surface area contributed by atoms with E-state index in [9.17, 15) is 0 Å². The number of thiazole rings is 1. The third kappa shape index (κ3) is 2.38. The lowest BCUT2D eigenvalue weighted by atomic mass is 10.5. The van der Waals surface area contributed by atoms with Crippen molar-refractivity contribution in [2.75, 3.05) is 19.0 Å². The molecule has 2 rings (SSSR count). The number of nitrogens with zero attached hydrogens (tertiary/aromatic N) is 2. The van der Waals surface area contributed by atoms with E-state index in [1.807, 2.05) is 19.0 Å². The molecule has 0 radical (unpaired) electrons. The van der Waals surface area contributed by atoms with Crippen molar-refractivity contribution in [3.8, 4) is 0 Å². The highest BCUT2D eigenvalue weighted by molar-refractivity contribution is 7.16. The fourth-order valence-electron chi connectivity index (χ4n) is 1.15. The molecule has 0 saturated heterocycles. The maximum atomic E-state index is 6.03. The molecule has 1 aliphatic carbocycles. The highest BCUT2D eigenvalue weighted by Gasteiger charge is 2.21. The van der Waals surface area contributed by atoms with E-state index in [1.165, 1.54) is 12.8 Å². The van der Waals surface area contributed by atoms with Gasteiger partial charge < -0.3 is 10.2 Å². The van der Waals surface area contributed by atoms with Crippen molar-refractivity contribution < 1.29 is 0 Å². The third-order valence-corrected chi connectivity index (χ3v) is 3.80. The highest BCUT2D eigenvalue weighted by Crippen LogP contribution is 2.29. The minimum Gasteiger partial charge on any atom is -0.354 e. The maximum absolute atomic E-state index is 6.03. The van der Waals surface area contributed by atoms with Crippen molar-refractivity contribution in [3.05, 3.63) is 10.0 Å². The molecule has 3 nitrogen and oxygen atoms in total. The average molecular weight is 232 g/mol. The second kappa shape index (κ2) is 4.04. The Hall–Kier alpha value is -0.320. The van der Waals surface area contributed by atoms with Crippen LogP contribution in [0.5, 0.6) is 0 Å². The monoisotopic (exact) mass is 231 g/mol. The zero-order valence-corrected chi connectivity index (χ0v) is 9.95. The molecular weight excluding hydrogens is 218 g/mol. The molecule has 0 bridgehead atoms. The van der Waals surface area contributed by atoms with Gasteiger partial charge in [-0.25, -0.2) is 4.98 Å². The van der Waals surface area contributed by atoms with Gasteiger partial charge in [0, 0.05) is 26.7 Å². The van der Waals surface area contributed by atoms with Gasteiger partial charge in [-0.15, -0.1) is 0 Å². The number of hydrogen-bond donors (Lipinski definition) is 1. The largest absolute Gasteiger partial charge is 0.354 e. The third-order valence-electron chi connectivity index (χ3n) is 2.15. The van der Waals surface area contributed by atoms with Crippen LogP contribution in [0.25, 0.3) is 0 Å². The van der Waals surface area contributed by atoms with E-state index in [4.69, 9.17) is 11.6 Å². The minimum atomic E-state index is 0.645. The predicted molar refractivity (Wildman–Crippen MR) is 61.3 cm³/mol. The van der Waals surface area contributed by atoms with Crippen LogP contribution in [0.3, 0.4) is 0 Å². The summed E-state index contributed by atoms with van der Waals surface area (Å²) < 4.78 is 0. The summed E-state index contributed by atoms with van der Waals surface area (Å²) in [5.41, 5.74) is 0. The normalized spacial score (nSPS) is 15.9. The topological polar surface area (TPSA) is 28.2 Å². The van der Waals surface area contributed by atoms with Gasteiger partial charge in [-0.1, -0.05) is 22.9 Å². The molecular formula is C9H14ClN3S. The fraction of sp³-hybridized carbons (Fsp3) is 0.667. The first-order valence-electron chi connectivity index (χ1n) is 4.72. The van der Waals surface area contributed by atoms with Crippen molar-refractivity contribution in [3.63, 3.8) is 0 Å². The van der Waals surface area contributed by atoms with E-state index >= 15 is 0 Å².